The minimum absolute atomic E-state index is 0.0146. The predicted octanol–water partition coefficient (Wildman–Crippen LogP) is 2.46. The first-order valence-electron chi connectivity index (χ1n) is 10.9. The van der Waals surface area contributed by atoms with Crippen molar-refractivity contribution < 1.29 is 33.4 Å². The van der Waals surface area contributed by atoms with E-state index in [-0.39, 0.29) is 55.1 Å². The molecule has 7 nitrogen and oxygen atoms in total. The normalized spacial score (nSPS) is 47.5. The summed E-state index contributed by atoms with van der Waals surface area (Å²) in [5, 5.41) is 11.0. The largest absolute Gasteiger partial charge is 0.426 e. The van der Waals surface area contributed by atoms with Gasteiger partial charge in [0.05, 0.1) is 31.0 Å². The molecule has 0 aromatic carbocycles. The molecule has 3 fully saturated rings. The molecule has 0 aliphatic carbocycles. The lowest BCUT2D eigenvalue weighted by Crippen LogP contribution is -2.64. The summed E-state index contributed by atoms with van der Waals surface area (Å²) >= 11 is 0. The summed E-state index contributed by atoms with van der Waals surface area (Å²) in [5.41, 5.74) is 0. The third-order valence-corrected chi connectivity index (χ3v) is 6.59. The smallest absolute Gasteiger partial charge is 0.312 e. The Labute approximate surface area is 177 Å². The number of aliphatic hydroxyl groups is 1. The lowest BCUT2D eigenvalue weighted by molar-refractivity contribution is -0.385. The molecule has 11 atom stereocenters. The van der Waals surface area contributed by atoms with E-state index in [1.807, 2.05) is 27.6 Å². The van der Waals surface area contributed by atoms with E-state index in [2.05, 4.69) is 29.9 Å². The molecule has 0 aromatic heterocycles. The Kier molecular flexibility index (Phi) is 7.72. The molecule has 0 saturated carbocycles. The molecular weight excluding hydrogens is 394 g/mol. The van der Waals surface area contributed by atoms with Gasteiger partial charge < -0.3 is 33.4 Å². The number of hydrogen-bond donors (Lipinski definition) is 1. The van der Waals surface area contributed by atoms with Crippen LogP contribution in [0, 0.1) is 11.8 Å². The molecule has 0 radical (unpaired) electrons. The molecule has 3 rings (SSSR count). The van der Waals surface area contributed by atoms with Crippen molar-refractivity contribution in [3.8, 4) is 0 Å². The molecule has 3 aliphatic heterocycles. The van der Waals surface area contributed by atoms with Gasteiger partial charge in [0.1, 0.15) is 18.3 Å². The van der Waals surface area contributed by atoms with Crippen LogP contribution in [0.15, 0.2) is 0 Å². The van der Waals surface area contributed by atoms with Gasteiger partial charge in [-0.1, -0.05) is 27.6 Å². The van der Waals surface area contributed by atoms with Crippen LogP contribution in [0.3, 0.4) is 0 Å². The van der Waals surface area contributed by atoms with Crippen LogP contribution in [-0.4, -0.2) is 73.2 Å². The third kappa shape index (κ3) is 5.17. The van der Waals surface area contributed by atoms with Crippen molar-refractivity contribution >= 4 is 15.8 Å². The number of aliphatic hydroxyl groups excluding tert-OH is 1. The zero-order chi connectivity index (χ0) is 21.5. The van der Waals surface area contributed by atoms with Gasteiger partial charge in [-0.15, -0.1) is 9.12 Å². The third-order valence-electron chi connectivity index (χ3n) is 6.43. The van der Waals surface area contributed by atoms with Crippen LogP contribution in [0.2, 0.25) is 6.82 Å². The van der Waals surface area contributed by atoms with Crippen molar-refractivity contribution in [1.82, 2.24) is 0 Å². The minimum atomic E-state index is -0.814. The first kappa shape index (κ1) is 23.9. The van der Waals surface area contributed by atoms with Gasteiger partial charge in [-0.2, -0.15) is 0 Å². The number of hydrogen-bond acceptors (Lipinski definition) is 7. The second-order valence-electron chi connectivity index (χ2n) is 9.24. The Balaban J connectivity index is 1.77. The Morgan fingerprint density at radius 3 is 2.45 bits per heavy atom. The standard InChI is InChI=1S/C20H38BO7P/c1-8-13-18(17(28-21(7)29)10(2)12(4)24-13)26-19-15(22)11(3)16-14(25-19)9-23-20(5,6)27-16/h10-19,22H,8-9,29H2,1-7H3/t10?,11?,12-,13?,14+,15?,16+,17-,18-,19-/m1/s1. The number of fused-ring (bicyclic) bond motifs is 1. The highest BCUT2D eigenvalue weighted by atomic mass is 31.0. The van der Waals surface area contributed by atoms with E-state index in [9.17, 15) is 5.11 Å². The minimum Gasteiger partial charge on any atom is -0.426 e. The summed E-state index contributed by atoms with van der Waals surface area (Å²) in [6.07, 6.45) is -1.88. The van der Waals surface area contributed by atoms with Crippen LogP contribution in [0.4, 0.5) is 0 Å². The van der Waals surface area contributed by atoms with E-state index in [1.165, 1.54) is 0 Å². The summed E-state index contributed by atoms with van der Waals surface area (Å²) in [4.78, 5) is 0. The van der Waals surface area contributed by atoms with E-state index < -0.39 is 18.2 Å². The lowest BCUT2D eigenvalue weighted by atomic mass is 9.85. The van der Waals surface area contributed by atoms with E-state index >= 15 is 0 Å². The Hall–Kier alpha value is 0.215. The summed E-state index contributed by atoms with van der Waals surface area (Å²) in [6.45, 7) is 14.4. The second-order valence-corrected chi connectivity index (χ2v) is 10.2. The quantitative estimate of drug-likeness (QED) is 0.529. The second kappa shape index (κ2) is 9.37. The zero-order valence-corrected chi connectivity index (χ0v) is 19.9. The van der Waals surface area contributed by atoms with Crippen LogP contribution in [0.25, 0.3) is 0 Å². The van der Waals surface area contributed by atoms with Crippen LogP contribution >= 0.6 is 9.12 Å². The van der Waals surface area contributed by atoms with E-state index in [1.54, 1.807) is 0 Å². The highest BCUT2D eigenvalue weighted by molar-refractivity contribution is 7.60. The van der Waals surface area contributed by atoms with Crippen LogP contribution in [0.1, 0.15) is 48.0 Å². The first-order valence-corrected chi connectivity index (χ1v) is 11.6. The summed E-state index contributed by atoms with van der Waals surface area (Å²) in [7, 11) is 2.68. The summed E-state index contributed by atoms with van der Waals surface area (Å²) in [6, 6.07) is 0. The fourth-order valence-corrected chi connectivity index (χ4v) is 4.72. The van der Waals surface area contributed by atoms with Gasteiger partial charge in [0.15, 0.2) is 12.1 Å². The van der Waals surface area contributed by atoms with Gasteiger partial charge in [-0.05, 0) is 27.2 Å². The molecule has 1 N–H and O–H groups in total. The summed E-state index contributed by atoms with van der Waals surface area (Å²) < 4.78 is 36.8. The van der Waals surface area contributed by atoms with Crippen molar-refractivity contribution in [2.24, 2.45) is 11.8 Å². The van der Waals surface area contributed by atoms with Gasteiger partial charge in [0, 0.05) is 11.8 Å². The molecule has 5 unspecified atom stereocenters. The molecule has 3 aliphatic rings. The first-order chi connectivity index (χ1) is 13.5. The zero-order valence-electron chi connectivity index (χ0n) is 18.7. The van der Waals surface area contributed by atoms with Gasteiger partial charge >= 0.3 is 6.64 Å². The highest BCUT2D eigenvalue weighted by Crippen LogP contribution is 2.38. The van der Waals surface area contributed by atoms with Crippen molar-refractivity contribution in [2.75, 3.05) is 6.61 Å². The molecule has 0 spiro atoms. The molecular formula is C20H38BO7P. The molecule has 168 valence electrons. The van der Waals surface area contributed by atoms with Crippen LogP contribution in [0.5, 0.6) is 0 Å². The molecule has 3 saturated heterocycles. The molecule has 29 heavy (non-hydrogen) atoms. The maximum absolute atomic E-state index is 11.0. The fraction of sp³-hybridized carbons (Fsp3) is 1.00. The van der Waals surface area contributed by atoms with Crippen LogP contribution in [-0.2, 0) is 28.3 Å². The molecule has 0 bridgehead atoms. The monoisotopic (exact) mass is 432 g/mol. The average Bonchev–Trinajstić information content (AvgIpc) is 2.65. The van der Waals surface area contributed by atoms with Crippen molar-refractivity contribution in [3.05, 3.63) is 0 Å². The van der Waals surface area contributed by atoms with Gasteiger partial charge in [-0.3, -0.25) is 0 Å². The molecule has 9 heteroatoms. The van der Waals surface area contributed by atoms with Gasteiger partial charge in [0.25, 0.3) is 0 Å². The Morgan fingerprint density at radius 1 is 1.14 bits per heavy atom. The maximum Gasteiger partial charge on any atom is 0.312 e. The van der Waals surface area contributed by atoms with E-state index in [0.29, 0.717) is 6.61 Å². The van der Waals surface area contributed by atoms with Gasteiger partial charge in [-0.25, -0.2) is 0 Å². The van der Waals surface area contributed by atoms with Gasteiger partial charge in [0.2, 0.25) is 0 Å². The Morgan fingerprint density at radius 2 is 1.83 bits per heavy atom. The SMILES string of the molecule is CCC1O[C@H](C)C(C)[C@@H](OB(C)P)[C@@H]1O[C@H]1O[C@H]2COC(C)(C)O[C@H]2C(C)C1O. The number of rotatable bonds is 5. The molecule has 3 heterocycles. The predicted molar refractivity (Wildman–Crippen MR) is 114 cm³/mol. The van der Waals surface area contributed by atoms with Crippen LogP contribution < -0.4 is 0 Å². The fourth-order valence-electron chi connectivity index (χ4n) is 4.54. The van der Waals surface area contributed by atoms with Crippen molar-refractivity contribution in [3.63, 3.8) is 0 Å². The average molecular weight is 432 g/mol. The number of ether oxygens (including phenoxy) is 5. The molecule has 0 amide bonds. The van der Waals surface area contributed by atoms with E-state index in [0.717, 1.165) is 6.42 Å². The van der Waals surface area contributed by atoms with Crippen molar-refractivity contribution in [2.45, 2.75) is 110 Å². The highest BCUT2D eigenvalue weighted by Gasteiger charge is 2.52. The lowest BCUT2D eigenvalue weighted by Gasteiger charge is -2.51. The Bertz CT molecular complexity index is 549. The van der Waals surface area contributed by atoms with Crippen molar-refractivity contribution in [1.29, 1.82) is 0 Å². The van der Waals surface area contributed by atoms with E-state index in [4.69, 9.17) is 28.3 Å². The summed E-state index contributed by atoms with van der Waals surface area (Å²) in [5.74, 6) is -0.683. The molecule has 0 aromatic rings. The topological polar surface area (TPSA) is 75.6 Å². The maximum atomic E-state index is 11.0.